The molecule has 3 heterocycles. The Labute approximate surface area is 228 Å². The van der Waals surface area contributed by atoms with E-state index < -0.39 is 49.0 Å². The first-order valence-corrected chi connectivity index (χ1v) is 13.3. The number of aliphatic imine (C=N–C) groups is 1. The number of piperidine rings is 1. The lowest BCUT2D eigenvalue weighted by atomic mass is 9.94. The van der Waals surface area contributed by atoms with Crippen molar-refractivity contribution in [2.45, 2.75) is 31.4 Å². The van der Waals surface area contributed by atoms with Gasteiger partial charge in [-0.05, 0) is 31.0 Å². The third-order valence-electron chi connectivity index (χ3n) is 5.92. The highest BCUT2D eigenvalue weighted by molar-refractivity contribution is 9.10. The molecule has 2 N–H and O–H groups in total. The fourth-order valence-electron chi connectivity index (χ4n) is 4.29. The van der Waals surface area contributed by atoms with Gasteiger partial charge in [-0.3, -0.25) is 9.89 Å². The maximum atomic E-state index is 14.9. The second-order valence-corrected chi connectivity index (χ2v) is 10.3. The Hall–Kier alpha value is -2.81. The van der Waals surface area contributed by atoms with Gasteiger partial charge < -0.3 is 19.9 Å². The largest absolute Gasteiger partial charge is 0.480 e. The fraction of sp³-hybridized carbons (Fsp3) is 0.417. The van der Waals surface area contributed by atoms with Crippen molar-refractivity contribution in [3.8, 4) is 0 Å². The SMILES string of the molecule is CCOC(=O)C1=C(CN2CCC(OCC(=O)O)C(F)(F)C2)NC(c2nccs2)=NC1c1ccc(F)cc1Br. The highest BCUT2D eigenvalue weighted by atomic mass is 79.9. The molecule has 0 aliphatic carbocycles. The number of benzene rings is 1. The van der Waals surface area contributed by atoms with E-state index >= 15 is 0 Å². The van der Waals surface area contributed by atoms with E-state index in [1.807, 2.05) is 0 Å². The van der Waals surface area contributed by atoms with Gasteiger partial charge in [0, 0.05) is 34.8 Å². The van der Waals surface area contributed by atoms with Crippen LogP contribution in [0.3, 0.4) is 0 Å². The van der Waals surface area contributed by atoms with Crippen molar-refractivity contribution in [2.24, 2.45) is 4.99 Å². The predicted molar refractivity (Wildman–Crippen MR) is 136 cm³/mol. The summed E-state index contributed by atoms with van der Waals surface area (Å²) >= 11 is 4.65. The summed E-state index contributed by atoms with van der Waals surface area (Å²) in [5.74, 6) is -5.50. The first kappa shape index (κ1) is 28.2. The van der Waals surface area contributed by atoms with E-state index in [0.717, 1.165) is 0 Å². The second-order valence-electron chi connectivity index (χ2n) is 8.57. The number of thiazole rings is 1. The van der Waals surface area contributed by atoms with E-state index in [2.05, 4.69) is 26.2 Å². The van der Waals surface area contributed by atoms with Crippen molar-refractivity contribution >= 4 is 45.0 Å². The van der Waals surface area contributed by atoms with Crippen LogP contribution in [0.15, 0.2) is 50.5 Å². The number of nitrogens with zero attached hydrogens (tertiary/aromatic N) is 3. The number of amidine groups is 1. The van der Waals surface area contributed by atoms with Gasteiger partial charge in [-0.2, -0.15) is 0 Å². The molecule has 1 aromatic heterocycles. The minimum absolute atomic E-state index is 0.0698. The minimum Gasteiger partial charge on any atom is -0.480 e. The number of hydrogen-bond acceptors (Lipinski definition) is 9. The molecule has 1 aromatic carbocycles. The summed E-state index contributed by atoms with van der Waals surface area (Å²) in [6.45, 7) is 0.254. The van der Waals surface area contributed by atoms with Crippen LogP contribution >= 0.6 is 27.3 Å². The van der Waals surface area contributed by atoms with E-state index in [0.29, 0.717) is 26.6 Å². The zero-order chi connectivity index (χ0) is 27.4. The van der Waals surface area contributed by atoms with Crippen LogP contribution in [0.5, 0.6) is 0 Å². The van der Waals surface area contributed by atoms with Gasteiger partial charge >= 0.3 is 11.9 Å². The Morgan fingerprint density at radius 1 is 1.37 bits per heavy atom. The van der Waals surface area contributed by atoms with Crippen molar-refractivity contribution in [1.29, 1.82) is 0 Å². The normalized spacial score (nSPS) is 21.6. The molecule has 1 fully saturated rings. The van der Waals surface area contributed by atoms with Crippen LogP contribution < -0.4 is 5.32 Å². The van der Waals surface area contributed by atoms with Crippen LogP contribution in [0.1, 0.15) is 30.0 Å². The minimum atomic E-state index is -3.32. The molecule has 0 bridgehead atoms. The van der Waals surface area contributed by atoms with Gasteiger partial charge in [0.1, 0.15) is 24.6 Å². The molecule has 2 aromatic rings. The number of alkyl halides is 2. The van der Waals surface area contributed by atoms with Crippen LogP contribution in [-0.4, -0.2) is 77.6 Å². The molecule has 9 nitrogen and oxygen atoms in total. The summed E-state index contributed by atoms with van der Waals surface area (Å²) in [6.07, 6.45) is -0.0643. The molecule has 0 saturated carbocycles. The number of rotatable bonds is 9. The maximum Gasteiger partial charge on any atom is 0.338 e. The molecular formula is C24H24BrF3N4O5S. The smallest absolute Gasteiger partial charge is 0.338 e. The van der Waals surface area contributed by atoms with E-state index in [9.17, 15) is 22.8 Å². The quantitative estimate of drug-likeness (QED) is 0.410. The van der Waals surface area contributed by atoms with Crippen molar-refractivity contribution in [1.82, 2.24) is 15.2 Å². The van der Waals surface area contributed by atoms with Gasteiger partial charge in [-0.25, -0.2) is 27.7 Å². The van der Waals surface area contributed by atoms with Gasteiger partial charge in [0.05, 0.1) is 18.7 Å². The molecule has 204 valence electrons. The molecule has 0 amide bonds. The van der Waals surface area contributed by atoms with Crippen LogP contribution in [0, 0.1) is 5.82 Å². The summed E-state index contributed by atoms with van der Waals surface area (Å²) in [5.41, 5.74) is 0.881. The molecule has 2 aliphatic heterocycles. The zero-order valence-electron chi connectivity index (χ0n) is 20.1. The van der Waals surface area contributed by atoms with Gasteiger partial charge in [-0.15, -0.1) is 11.3 Å². The monoisotopic (exact) mass is 616 g/mol. The number of carboxylic acids is 1. The first-order chi connectivity index (χ1) is 18.1. The van der Waals surface area contributed by atoms with E-state index in [1.165, 1.54) is 34.4 Å². The highest BCUT2D eigenvalue weighted by Crippen LogP contribution is 2.38. The number of hydrogen-bond donors (Lipinski definition) is 2. The number of aliphatic carboxylic acids is 1. The average molecular weight is 617 g/mol. The fourth-order valence-corrected chi connectivity index (χ4v) is 5.45. The molecule has 14 heteroatoms. The van der Waals surface area contributed by atoms with Crippen molar-refractivity contribution < 1.29 is 37.3 Å². The predicted octanol–water partition coefficient (Wildman–Crippen LogP) is 3.76. The number of aromatic nitrogens is 1. The molecule has 38 heavy (non-hydrogen) atoms. The molecule has 1 saturated heterocycles. The topological polar surface area (TPSA) is 113 Å². The Balaban J connectivity index is 1.71. The molecular weight excluding hydrogens is 593 g/mol. The number of nitrogens with one attached hydrogen (secondary N) is 1. The van der Waals surface area contributed by atoms with Gasteiger partial charge in [0.15, 0.2) is 10.8 Å². The molecule has 2 atom stereocenters. The lowest BCUT2D eigenvalue weighted by Crippen LogP contribution is -2.54. The van der Waals surface area contributed by atoms with Crippen LogP contribution in [0.25, 0.3) is 0 Å². The van der Waals surface area contributed by atoms with Crippen molar-refractivity contribution in [3.63, 3.8) is 0 Å². The number of esters is 1. The van der Waals surface area contributed by atoms with Crippen molar-refractivity contribution in [3.05, 3.63) is 61.9 Å². The average Bonchev–Trinajstić information content (AvgIpc) is 3.38. The Kier molecular flexibility index (Phi) is 8.85. The number of ether oxygens (including phenoxy) is 2. The third kappa shape index (κ3) is 6.42. The summed E-state index contributed by atoms with van der Waals surface area (Å²) in [4.78, 5) is 34.4. The number of carboxylic acid groups (broad SMARTS) is 1. The zero-order valence-corrected chi connectivity index (χ0v) is 22.5. The Bertz CT molecular complexity index is 1260. The number of carbonyl (C=O) groups is 2. The first-order valence-electron chi connectivity index (χ1n) is 11.6. The number of carbonyl (C=O) groups excluding carboxylic acids is 1. The summed E-state index contributed by atoms with van der Waals surface area (Å²) in [7, 11) is 0. The van der Waals surface area contributed by atoms with Gasteiger partial charge in [0.25, 0.3) is 5.92 Å². The van der Waals surface area contributed by atoms with Crippen LogP contribution in [0.4, 0.5) is 13.2 Å². The molecule has 2 unspecified atom stereocenters. The Morgan fingerprint density at radius 2 is 2.16 bits per heavy atom. The van der Waals surface area contributed by atoms with E-state index in [1.54, 1.807) is 18.5 Å². The van der Waals surface area contributed by atoms with E-state index in [4.69, 9.17) is 19.6 Å². The van der Waals surface area contributed by atoms with Crippen LogP contribution in [-0.2, 0) is 19.1 Å². The summed E-state index contributed by atoms with van der Waals surface area (Å²) in [6, 6.07) is 3.05. The van der Waals surface area contributed by atoms with Crippen molar-refractivity contribution in [2.75, 3.05) is 32.8 Å². The number of likely N-dealkylation sites (tertiary alicyclic amines) is 1. The summed E-state index contributed by atoms with van der Waals surface area (Å²) < 4.78 is 54.2. The molecule has 4 rings (SSSR count). The Morgan fingerprint density at radius 3 is 2.79 bits per heavy atom. The third-order valence-corrected chi connectivity index (χ3v) is 7.38. The maximum absolute atomic E-state index is 14.9. The summed E-state index contributed by atoms with van der Waals surface area (Å²) in [5, 5.41) is 14.1. The number of halogens is 4. The molecule has 2 aliphatic rings. The molecule has 0 radical (unpaired) electrons. The van der Waals surface area contributed by atoms with Crippen LogP contribution in [0.2, 0.25) is 0 Å². The second kappa shape index (κ2) is 11.9. The lowest BCUT2D eigenvalue weighted by molar-refractivity contribution is -0.180. The highest BCUT2D eigenvalue weighted by Gasteiger charge is 2.46. The molecule has 0 spiro atoms. The van der Waals surface area contributed by atoms with Gasteiger partial charge in [0.2, 0.25) is 0 Å². The van der Waals surface area contributed by atoms with E-state index in [-0.39, 0.29) is 31.7 Å². The lowest BCUT2D eigenvalue weighted by Gasteiger charge is -2.39. The van der Waals surface area contributed by atoms with Gasteiger partial charge in [-0.1, -0.05) is 22.0 Å². The standard InChI is InChI=1S/C24H24BrF3N4O5S/c1-2-36-23(35)19-16(10-32-7-5-17(24(27,28)12-32)37-11-18(33)34)30-21(22-29-6-8-38-22)31-20(19)14-4-3-13(26)9-15(14)25/h3-4,6,8-9,17,20H,2,5,7,10-12H2,1H3,(H,30,31)(H,33,34).